The fraction of sp³-hybridized carbons (Fsp3) is 0.818. The molecule has 0 aliphatic heterocycles. The van der Waals surface area contributed by atoms with Crippen LogP contribution in [0.15, 0.2) is 11.6 Å². The maximum Gasteiger partial charge on any atom is 0.0749 e. The molecule has 0 bridgehead atoms. The van der Waals surface area contributed by atoms with Crippen molar-refractivity contribution in [3.05, 3.63) is 11.6 Å². The van der Waals surface area contributed by atoms with Crippen molar-refractivity contribution in [2.45, 2.75) is 40.2 Å². The molecule has 0 spiro atoms. The van der Waals surface area contributed by atoms with Gasteiger partial charge in [0.1, 0.15) is 0 Å². The van der Waals surface area contributed by atoms with E-state index in [0.29, 0.717) is 5.92 Å². The molecule has 2 atom stereocenters. The van der Waals surface area contributed by atoms with E-state index in [-0.39, 0.29) is 12.5 Å². The summed E-state index contributed by atoms with van der Waals surface area (Å²) >= 11 is 0. The second-order valence-corrected chi connectivity index (χ2v) is 4.27. The third-order valence-corrected chi connectivity index (χ3v) is 2.13. The molecule has 0 aromatic heterocycles. The highest BCUT2D eigenvalue weighted by Crippen LogP contribution is 2.16. The molecule has 0 aromatic rings. The van der Waals surface area contributed by atoms with Crippen molar-refractivity contribution < 1.29 is 10.2 Å². The summed E-state index contributed by atoms with van der Waals surface area (Å²) in [6.07, 6.45) is 2.33. The van der Waals surface area contributed by atoms with Gasteiger partial charge in [-0.1, -0.05) is 26.8 Å². The van der Waals surface area contributed by atoms with Crippen LogP contribution in [0.5, 0.6) is 0 Å². The lowest BCUT2D eigenvalue weighted by Gasteiger charge is -2.18. The van der Waals surface area contributed by atoms with Gasteiger partial charge in [0.15, 0.2) is 0 Å². The zero-order chi connectivity index (χ0) is 10.4. The molecule has 0 radical (unpaired) electrons. The fourth-order valence-corrected chi connectivity index (χ4v) is 1.39. The first-order chi connectivity index (χ1) is 5.97. The normalized spacial score (nSPS) is 17.6. The highest BCUT2D eigenvalue weighted by Gasteiger charge is 2.13. The second kappa shape index (κ2) is 6.17. The van der Waals surface area contributed by atoms with Crippen molar-refractivity contribution in [2.75, 3.05) is 6.61 Å². The predicted octanol–water partition coefficient (Wildman–Crippen LogP) is 1.97. The Hall–Kier alpha value is -0.340. The quantitative estimate of drug-likeness (QED) is 0.644. The van der Waals surface area contributed by atoms with Gasteiger partial charge in [-0.05, 0) is 30.8 Å². The summed E-state index contributed by atoms with van der Waals surface area (Å²) < 4.78 is 0. The van der Waals surface area contributed by atoms with Gasteiger partial charge in [-0.25, -0.2) is 0 Å². The van der Waals surface area contributed by atoms with Crippen LogP contribution in [-0.2, 0) is 0 Å². The molecule has 0 heterocycles. The summed E-state index contributed by atoms with van der Waals surface area (Å²) in [5.41, 5.74) is 0.836. The summed E-state index contributed by atoms with van der Waals surface area (Å²) in [6, 6.07) is 0. The molecule has 0 rings (SSSR count). The summed E-state index contributed by atoms with van der Waals surface area (Å²) in [7, 11) is 0. The lowest BCUT2D eigenvalue weighted by atomic mass is 9.93. The molecule has 0 saturated carbocycles. The van der Waals surface area contributed by atoms with E-state index in [1.54, 1.807) is 6.08 Å². The van der Waals surface area contributed by atoms with Crippen molar-refractivity contribution in [1.82, 2.24) is 0 Å². The van der Waals surface area contributed by atoms with Gasteiger partial charge in [-0.3, -0.25) is 0 Å². The van der Waals surface area contributed by atoms with E-state index in [4.69, 9.17) is 5.11 Å². The molecular formula is C11H22O2. The van der Waals surface area contributed by atoms with Crippen LogP contribution in [0.4, 0.5) is 0 Å². The Morgan fingerprint density at radius 3 is 2.23 bits per heavy atom. The standard InChI is InChI=1S/C11H22O2/c1-8(2)5-10(4)11(13)6-9(3)7-12/h6,8,10-13H,5,7H2,1-4H3/b9-6+/t10-,11-/m0/s1. The third-order valence-electron chi connectivity index (χ3n) is 2.13. The molecule has 2 N–H and O–H groups in total. The largest absolute Gasteiger partial charge is 0.392 e. The molecule has 13 heavy (non-hydrogen) atoms. The van der Waals surface area contributed by atoms with E-state index in [1.807, 2.05) is 13.8 Å². The summed E-state index contributed by atoms with van der Waals surface area (Å²) in [5, 5.41) is 18.4. The van der Waals surface area contributed by atoms with Crippen LogP contribution < -0.4 is 0 Å². The lowest BCUT2D eigenvalue weighted by molar-refractivity contribution is 0.146. The van der Waals surface area contributed by atoms with Crippen LogP contribution in [0, 0.1) is 11.8 Å². The number of hydrogen-bond acceptors (Lipinski definition) is 2. The average Bonchev–Trinajstić information content (AvgIpc) is 2.02. The SMILES string of the molecule is C/C(=C\[C@H](O)[C@@H](C)CC(C)C)CO. The first-order valence-electron chi connectivity index (χ1n) is 4.93. The third kappa shape index (κ3) is 5.83. The Morgan fingerprint density at radius 2 is 1.85 bits per heavy atom. The molecule has 78 valence electrons. The summed E-state index contributed by atoms with van der Waals surface area (Å²) in [4.78, 5) is 0. The number of aliphatic hydroxyl groups is 2. The van der Waals surface area contributed by atoms with Gasteiger partial charge in [0.05, 0.1) is 12.7 Å². The minimum absolute atomic E-state index is 0.0332. The Kier molecular flexibility index (Phi) is 6.00. The van der Waals surface area contributed by atoms with Gasteiger partial charge in [0.25, 0.3) is 0 Å². The van der Waals surface area contributed by atoms with Crippen LogP contribution in [0.1, 0.15) is 34.1 Å². The zero-order valence-corrected chi connectivity index (χ0v) is 9.12. The molecule has 2 heteroatoms. The van der Waals surface area contributed by atoms with Crippen LogP contribution in [0.2, 0.25) is 0 Å². The Labute approximate surface area is 81.3 Å². The zero-order valence-electron chi connectivity index (χ0n) is 9.12. The monoisotopic (exact) mass is 186 g/mol. The number of hydrogen-bond donors (Lipinski definition) is 2. The van der Waals surface area contributed by atoms with E-state index >= 15 is 0 Å². The van der Waals surface area contributed by atoms with Crippen LogP contribution >= 0.6 is 0 Å². The predicted molar refractivity (Wildman–Crippen MR) is 55.5 cm³/mol. The van der Waals surface area contributed by atoms with Gasteiger partial charge < -0.3 is 10.2 Å². The molecule has 0 unspecified atom stereocenters. The summed E-state index contributed by atoms with van der Waals surface area (Å²) in [6.45, 7) is 8.18. The van der Waals surface area contributed by atoms with Gasteiger partial charge in [0, 0.05) is 0 Å². The Bertz CT molecular complexity index is 161. The first-order valence-corrected chi connectivity index (χ1v) is 4.93. The van der Waals surface area contributed by atoms with Crippen LogP contribution in [0.25, 0.3) is 0 Å². The maximum atomic E-state index is 9.68. The molecular weight excluding hydrogens is 164 g/mol. The van der Waals surface area contributed by atoms with Crippen molar-refractivity contribution in [1.29, 1.82) is 0 Å². The topological polar surface area (TPSA) is 40.5 Å². The summed E-state index contributed by atoms with van der Waals surface area (Å²) in [5.74, 6) is 0.869. The van der Waals surface area contributed by atoms with E-state index in [1.165, 1.54) is 0 Å². The molecule has 0 fully saturated rings. The number of rotatable bonds is 5. The molecule has 0 aliphatic carbocycles. The van der Waals surface area contributed by atoms with Gasteiger partial charge in [-0.15, -0.1) is 0 Å². The van der Waals surface area contributed by atoms with Crippen LogP contribution in [0.3, 0.4) is 0 Å². The van der Waals surface area contributed by atoms with Gasteiger partial charge >= 0.3 is 0 Å². The fourth-order valence-electron chi connectivity index (χ4n) is 1.39. The molecule has 0 aliphatic rings. The minimum atomic E-state index is -0.422. The second-order valence-electron chi connectivity index (χ2n) is 4.27. The van der Waals surface area contributed by atoms with E-state index < -0.39 is 6.10 Å². The van der Waals surface area contributed by atoms with Crippen molar-refractivity contribution >= 4 is 0 Å². The molecule has 2 nitrogen and oxygen atoms in total. The van der Waals surface area contributed by atoms with Crippen molar-refractivity contribution in [3.63, 3.8) is 0 Å². The van der Waals surface area contributed by atoms with Crippen molar-refractivity contribution in [3.8, 4) is 0 Å². The lowest BCUT2D eigenvalue weighted by Crippen LogP contribution is -2.17. The maximum absolute atomic E-state index is 9.68. The van der Waals surface area contributed by atoms with E-state index in [9.17, 15) is 5.11 Å². The number of aliphatic hydroxyl groups excluding tert-OH is 2. The first kappa shape index (κ1) is 12.7. The molecule has 0 saturated heterocycles. The van der Waals surface area contributed by atoms with Crippen LogP contribution in [-0.4, -0.2) is 22.9 Å². The molecule has 0 aromatic carbocycles. The van der Waals surface area contributed by atoms with E-state index in [2.05, 4.69) is 13.8 Å². The van der Waals surface area contributed by atoms with Gasteiger partial charge in [-0.2, -0.15) is 0 Å². The highest BCUT2D eigenvalue weighted by molar-refractivity contribution is 5.02. The Morgan fingerprint density at radius 1 is 1.31 bits per heavy atom. The van der Waals surface area contributed by atoms with Crippen molar-refractivity contribution in [2.24, 2.45) is 11.8 Å². The van der Waals surface area contributed by atoms with Gasteiger partial charge in [0.2, 0.25) is 0 Å². The smallest absolute Gasteiger partial charge is 0.0749 e. The minimum Gasteiger partial charge on any atom is -0.392 e. The van der Waals surface area contributed by atoms with E-state index in [0.717, 1.165) is 12.0 Å². The molecule has 0 amide bonds. The highest BCUT2D eigenvalue weighted by atomic mass is 16.3. The Balaban J connectivity index is 4.02. The average molecular weight is 186 g/mol.